The molecule has 0 aliphatic carbocycles. The summed E-state index contributed by atoms with van der Waals surface area (Å²) >= 11 is 0. The molecule has 5 heteroatoms. The number of hydrogen-bond donors (Lipinski definition) is 1. The van der Waals surface area contributed by atoms with Gasteiger partial charge < -0.3 is 5.32 Å². The summed E-state index contributed by atoms with van der Waals surface area (Å²) in [6.45, 7) is 10.2. The van der Waals surface area contributed by atoms with Gasteiger partial charge in [-0.25, -0.2) is 4.39 Å². The van der Waals surface area contributed by atoms with Crippen molar-refractivity contribution in [1.82, 2.24) is 4.90 Å². The molecule has 174 valence electrons. The average molecular weight is 457 g/mol. The zero-order valence-corrected chi connectivity index (χ0v) is 20.2. The zero-order chi connectivity index (χ0) is 24.6. The SMILES string of the molecule is Cc1ccc(C2=C(Nc3ccc(C(C)(C)C)cc3)C(=O)N(Cc3ccccc3F)C2=O)c(C)c1. The van der Waals surface area contributed by atoms with Gasteiger partial charge >= 0.3 is 0 Å². The first kappa shape index (κ1) is 23.4. The molecule has 0 spiro atoms. The predicted octanol–water partition coefficient (Wildman–Crippen LogP) is 6.13. The fraction of sp³-hybridized carbons (Fsp3) is 0.241. The molecule has 2 amide bonds. The van der Waals surface area contributed by atoms with Crippen LogP contribution in [0.2, 0.25) is 0 Å². The Morgan fingerprint density at radius 1 is 0.882 bits per heavy atom. The van der Waals surface area contributed by atoms with Gasteiger partial charge in [-0.3, -0.25) is 14.5 Å². The largest absolute Gasteiger partial charge is 0.350 e. The maximum Gasteiger partial charge on any atom is 0.278 e. The number of imide groups is 1. The molecule has 0 saturated carbocycles. The van der Waals surface area contributed by atoms with Gasteiger partial charge in [0.25, 0.3) is 11.8 Å². The second kappa shape index (κ2) is 8.90. The van der Waals surface area contributed by atoms with Gasteiger partial charge in [-0.15, -0.1) is 0 Å². The van der Waals surface area contributed by atoms with E-state index in [1.165, 1.54) is 6.07 Å². The third-order valence-corrected chi connectivity index (χ3v) is 6.13. The van der Waals surface area contributed by atoms with Crippen LogP contribution < -0.4 is 5.32 Å². The van der Waals surface area contributed by atoms with Crippen molar-refractivity contribution in [3.63, 3.8) is 0 Å². The van der Waals surface area contributed by atoms with E-state index in [-0.39, 0.29) is 17.7 Å². The highest BCUT2D eigenvalue weighted by atomic mass is 19.1. The van der Waals surface area contributed by atoms with E-state index in [2.05, 4.69) is 26.1 Å². The van der Waals surface area contributed by atoms with Crippen molar-refractivity contribution in [3.05, 3.63) is 106 Å². The smallest absolute Gasteiger partial charge is 0.278 e. The lowest BCUT2D eigenvalue weighted by molar-refractivity contribution is -0.137. The second-order valence-corrected chi connectivity index (χ2v) is 9.81. The van der Waals surface area contributed by atoms with Crippen LogP contribution in [0.3, 0.4) is 0 Å². The molecule has 1 N–H and O–H groups in total. The first-order valence-electron chi connectivity index (χ1n) is 11.4. The number of aryl methyl sites for hydroxylation is 2. The summed E-state index contributed by atoms with van der Waals surface area (Å²) < 4.78 is 14.3. The van der Waals surface area contributed by atoms with Crippen LogP contribution in [0.5, 0.6) is 0 Å². The van der Waals surface area contributed by atoms with Gasteiger partial charge in [0, 0.05) is 11.3 Å². The number of anilines is 1. The molecular formula is C29H29FN2O2. The predicted molar refractivity (Wildman–Crippen MR) is 134 cm³/mol. The Labute approximate surface area is 200 Å². The molecule has 0 aromatic heterocycles. The standard InChI is InChI=1S/C29H29FN2O2/c1-18-10-15-23(19(2)16-18)25-26(31-22-13-11-21(12-14-22)29(3,4)5)28(34)32(27(25)33)17-20-8-6-7-9-24(20)30/h6-16,31H,17H2,1-5H3. The van der Waals surface area contributed by atoms with Gasteiger partial charge in [-0.2, -0.15) is 0 Å². The topological polar surface area (TPSA) is 49.4 Å². The van der Waals surface area contributed by atoms with Gasteiger partial charge in [0.05, 0.1) is 12.1 Å². The number of amides is 2. The van der Waals surface area contributed by atoms with E-state index >= 15 is 0 Å². The summed E-state index contributed by atoms with van der Waals surface area (Å²) in [6, 6.07) is 19.8. The molecule has 0 unspecified atom stereocenters. The van der Waals surface area contributed by atoms with Crippen LogP contribution >= 0.6 is 0 Å². The summed E-state index contributed by atoms with van der Waals surface area (Å²) in [6.07, 6.45) is 0. The summed E-state index contributed by atoms with van der Waals surface area (Å²) in [5.41, 5.74) is 5.32. The third kappa shape index (κ3) is 4.51. The molecule has 0 saturated heterocycles. The van der Waals surface area contributed by atoms with E-state index in [9.17, 15) is 14.0 Å². The molecule has 0 radical (unpaired) electrons. The monoisotopic (exact) mass is 456 g/mol. The molecule has 3 aromatic carbocycles. The van der Waals surface area contributed by atoms with Gasteiger partial charge in [0.2, 0.25) is 0 Å². The van der Waals surface area contributed by atoms with Gasteiger partial charge in [0.15, 0.2) is 0 Å². The molecule has 0 bridgehead atoms. The molecule has 4 rings (SSSR count). The van der Waals surface area contributed by atoms with Crippen LogP contribution in [0.15, 0.2) is 72.4 Å². The quantitative estimate of drug-likeness (QED) is 0.470. The number of rotatable bonds is 5. The van der Waals surface area contributed by atoms with E-state index in [0.29, 0.717) is 22.4 Å². The summed E-state index contributed by atoms with van der Waals surface area (Å²) in [5.74, 6) is -1.35. The first-order valence-corrected chi connectivity index (χ1v) is 11.4. The number of benzene rings is 3. The maximum absolute atomic E-state index is 14.3. The van der Waals surface area contributed by atoms with Crippen LogP contribution in [0, 0.1) is 19.7 Å². The van der Waals surface area contributed by atoms with Crippen molar-refractivity contribution in [2.24, 2.45) is 0 Å². The molecule has 4 nitrogen and oxygen atoms in total. The first-order chi connectivity index (χ1) is 16.1. The van der Waals surface area contributed by atoms with E-state index < -0.39 is 17.6 Å². The zero-order valence-electron chi connectivity index (χ0n) is 20.2. The van der Waals surface area contributed by atoms with Gasteiger partial charge in [-0.1, -0.05) is 74.9 Å². The molecule has 3 aromatic rings. The minimum absolute atomic E-state index is 0.00231. The third-order valence-electron chi connectivity index (χ3n) is 6.13. The lowest BCUT2D eigenvalue weighted by Crippen LogP contribution is -2.32. The van der Waals surface area contributed by atoms with Gasteiger partial charge in [0.1, 0.15) is 11.5 Å². The van der Waals surface area contributed by atoms with Crippen LogP contribution in [0.1, 0.15) is 48.6 Å². The van der Waals surface area contributed by atoms with Crippen molar-refractivity contribution >= 4 is 23.1 Å². The number of carbonyl (C=O) groups is 2. The molecule has 34 heavy (non-hydrogen) atoms. The second-order valence-electron chi connectivity index (χ2n) is 9.81. The van der Waals surface area contributed by atoms with Crippen molar-refractivity contribution in [3.8, 4) is 0 Å². The summed E-state index contributed by atoms with van der Waals surface area (Å²) in [7, 11) is 0. The van der Waals surface area contributed by atoms with Crippen molar-refractivity contribution in [2.45, 2.75) is 46.6 Å². The average Bonchev–Trinajstić information content (AvgIpc) is 2.99. The minimum Gasteiger partial charge on any atom is -0.350 e. The van der Waals surface area contributed by atoms with Crippen molar-refractivity contribution in [2.75, 3.05) is 5.32 Å². The highest BCUT2D eigenvalue weighted by Gasteiger charge is 2.40. The number of carbonyl (C=O) groups excluding carboxylic acids is 2. The fourth-order valence-corrected chi connectivity index (χ4v) is 4.17. The number of hydrogen-bond acceptors (Lipinski definition) is 3. The normalized spacial score (nSPS) is 14.2. The van der Waals surface area contributed by atoms with Crippen LogP contribution in [0.25, 0.3) is 5.57 Å². The molecule has 0 atom stereocenters. The maximum atomic E-state index is 14.3. The molecule has 1 aliphatic heterocycles. The highest BCUT2D eigenvalue weighted by Crippen LogP contribution is 2.34. The van der Waals surface area contributed by atoms with E-state index in [1.54, 1.807) is 18.2 Å². The Morgan fingerprint density at radius 2 is 1.56 bits per heavy atom. The Hall–Kier alpha value is -3.73. The number of nitrogens with zero attached hydrogens (tertiary/aromatic N) is 1. The molecule has 1 aliphatic rings. The minimum atomic E-state index is -0.469. The highest BCUT2D eigenvalue weighted by molar-refractivity contribution is 6.36. The number of halogens is 1. The van der Waals surface area contributed by atoms with Crippen LogP contribution in [-0.4, -0.2) is 16.7 Å². The van der Waals surface area contributed by atoms with Crippen molar-refractivity contribution in [1.29, 1.82) is 0 Å². The number of nitrogens with one attached hydrogen (secondary N) is 1. The fourth-order valence-electron chi connectivity index (χ4n) is 4.17. The molecular weight excluding hydrogens is 427 g/mol. The summed E-state index contributed by atoms with van der Waals surface area (Å²) in [4.78, 5) is 28.1. The Morgan fingerprint density at radius 3 is 2.18 bits per heavy atom. The lowest BCUT2D eigenvalue weighted by atomic mass is 9.87. The van der Waals surface area contributed by atoms with Gasteiger partial charge in [-0.05, 0) is 54.2 Å². The van der Waals surface area contributed by atoms with Crippen LogP contribution in [-0.2, 0) is 21.5 Å². The van der Waals surface area contributed by atoms with Crippen molar-refractivity contribution < 1.29 is 14.0 Å². The Balaban J connectivity index is 1.76. The molecule has 1 heterocycles. The van der Waals surface area contributed by atoms with E-state index in [4.69, 9.17) is 0 Å². The Kier molecular flexibility index (Phi) is 6.13. The summed E-state index contributed by atoms with van der Waals surface area (Å²) in [5, 5.41) is 3.19. The van der Waals surface area contributed by atoms with E-state index in [1.807, 2.05) is 56.3 Å². The van der Waals surface area contributed by atoms with Crippen LogP contribution in [0.4, 0.5) is 10.1 Å². The lowest BCUT2D eigenvalue weighted by Gasteiger charge is -2.19. The molecule has 0 fully saturated rings. The van der Waals surface area contributed by atoms with E-state index in [0.717, 1.165) is 21.6 Å². The Bertz CT molecular complexity index is 1300.